The molecule has 0 spiro atoms. The van der Waals surface area contributed by atoms with Gasteiger partial charge in [0.1, 0.15) is 6.04 Å². The number of nitrogens with zero attached hydrogens (tertiary/aromatic N) is 2. The Morgan fingerprint density at radius 3 is 2.28 bits per heavy atom. The van der Waals surface area contributed by atoms with Crippen molar-refractivity contribution in [3.05, 3.63) is 35.5 Å². The van der Waals surface area contributed by atoms with Crippen LogP contribution in [0.5, 0.6) is 0 Å². The van der Waals surface area contributed by atoms with Crippen LogP contribution in [0.15, 0.2) is 24.3 Å². The Balaban J connectivity index is 2.41. The van der Waals surface area contributed by atoms with Gasteiger partial charge in [-0.1, -0.05) is 18.2 Å². The Labute approximate surface area is 169 Å². The third kappa shape index (κ3) is 2.98. The van der Waals surface area contributed by atoms with E-state index in [0.717, 1.165) is 21.5 Å². The molecule has 1 unspecified atom stereocenters. The van der Waals surface area contributed by atoms with Crippen LogP contribution in [0.4, 0.5) is 0 Å². The molecule has 1 aromatic heterocycles. The fraction of sp³-hybridized carbons (Fsp3) is 0.476. The summed E-state index contributed by atoms with van der Waals surface area (Å²) in [5.41, 5.74) is 1.36. The summed E-state index contributed by atoms with van der Waals surface area (Å²) in [6.07, 6.45) is 0. The molecule has 0 bridgehead atoms. The second-order valence-electron chi connectivity index (χ2n) is 7.48. The van der Waals surface area contributed by atoms with Crippen molar-refractivity contribution in [2.24, 2.45) is 13.0 Å². The first kappa shape index (κ1) is 20.9. The third-order valence-corrected chi connectivity index (χ3v) is 5.54. The van der Waals surface area contributed by atoms with Gasteiger partial charge in [-0.15, -0.1) is 0 Å². The minimum absolute atomic E-state index is 0.187. The predicted octanol–water partition coefficient (Wildman–Crippen LogP) is 2.25. The smallest absolute Gasteiger partial charge is 0.322 e. The van der Waals surface area contributed by atoms with E-state index in [2.05, 4.69) is 0 Å². The van der Waals surface area contributed by atoms with Gasteiger partial charge in [0.15, 0.2) is 5.92 Å². The number of para-hydroxylation sites is 1. The monoisotopic (exact) mass is 402 g/mol. The maximum atomic E-state index is 13.5. The molecule has 0 fully saturated rings. The number of methoxy groups -OCH3 is 2. The molecule has 3 rings (SSSR count). The Kier molecular flexibility index (Phi) is 5.40. The number of carbonyl (C=O) groups excluding carboxylic acids is 3. The molecule has 1 amide bonds. The van der Waals surface area contributed by atoms with Crippen molar-refractivity contribution in [1.29, 1.82) is 0 Å². The first-order valence-electron chi connectivity index (χ1n) is 9.42. The number of amides is 1. The molecular formula is C21H26N2O6. The van der Waals surface area contributed by atoms with E-state index >= 15 is 0 Å². The van der Waals surface area contributed by atoms with Gasteiger partial charge in [-0.3, -0.25) is 19.2 Å². The lowest BCUT2D eigenvalue weighted by Crippen LogP contribution is -2.54. The molecule has 0 saturated heterocycles. The van der Waals surface area contributed by atoms with Crippen LogP contribution in [0.25, 0.3) is 10.9 Å². The number of fused-ring (bicyclic) bond motifs is 3. The second-order valence-corrected chi connectivity index (χ2v) is 7.48. The van der Waals surface area contributed by atoms with Gasteiger partial charge >= 0.3 is 11.9 Å². The van der Waals surface area contributed by atoms with E-state index in [1.165, 1.54) is 14.2 Å². The first-order valence-corrected chi connectivity index (χ1v) is 9.42. The van der Waals surface area contributed by atoms with Crippen LogP contribution in [0.2, 0.25) is 0 Å². The van der Waals surface area contributed by atoms with Gasteiger partial charge in [-0.25, -0.2) is 5.06 Å². The van der Waals surface area contributed by atoms with Gasteiger partial charge in [-0.2, -0.15) is 0 Å². The molecule has 2 heterocycles. The number of ether oxygens (including phenoxy) is 2. The predicted molar refractivity (Wildman–Crippen MR) is 105 cm³/mol. The Bertz CT molecular complexity index is 961. The number of hydrogen-bond acceptors (Lipinski definition) is 6. The van der Waals surface area contributed by atoms with Gasteiger partial charge < -0.3 is 14.0 Å². The molecule has 29 heavy (non-hydrogen) atoms. The van der Waals surface area contributed by atoms with Crippen molar-refractivity contribution in [2.45, 2.75) is 32.2 Å². The summed E-state index contributed by atoms with van der Waals surface area (Å²) < 4.78 is 11.7. The van der Waals surface area contributed by atoms with E-state index in [-0.39, 0.29) is 12.5 Å². The third-order valence-electron chi connectivity index (χ3n) is 5.54. The van der Waals surface area contributed by atoms with Crippen LogP contribution in [0.3, 0.4) is 0 Å². The first-order chi connectivity index (χ1) is 13.7. The van der Waals surface area contributed by atoms with Crippen LogP contribution in [-0.4, -0.2) is 48.3 Å². The summed E-state index contributed by atoms with van der Waals surface area (Å²) in [4.78, 5) is 44.4. The zero-order chi connectivity index (χ0) is 21.5. The average molecular weight is 402 g/mol. The van der Waals surface area contributed by atoms with Gasteiger partial charge in [0, 0.05) is 23.6 Å². The van der Waals surface area contributed by atoms with E-state index in [9.17, 15) is 14.4 Å². The largest absolute Gasteiger partial charge is 0.468 e. The Morgan fingerprint density at radius 2 is 1.72 bits per heavy atom. The van der Waals surface area contributed by atoms with Crippen molar-refractivity contribution in [3.8, 4) is 0 Å². The van der Waals surface area contributed by atoms with Gasteiger partial charge in [0.25, 0.3) is 5.91 Å². The zero-order valence-corrected chi connectivity index (χ0v) is 17.5. The van der Waals surface area contributed by atoms with Crippen LogP contribution in [-0.2, 0) is 41.2 Å². The fourth-order valence-electron chi connectivity index (χ4n) is 4.22. The number of benzene rings is 1. The molecule has 0 radical (unpaired) electrons. The summed E-state index contributed by atoms with van der Waals surface area (Å²) in [6, 6.07) is 6.63. The summed E-state index contributed by atoms with van der Waals surface area (Å²) in [7, 11) is 4.23. The molecule has 0 saturated carbocycles. The number of rotatable bonds is 5. The van der Waals surface area contributed by atoms with E-state index in [1.807, 2.05) is 49.7 Å². The molecule has 2 aromatic rings. The van der Waals surface area contributed by atoms with Gasteiger partial charge in [0.05, 0.1) is 26.2 Å². The average Bonchev–Trinajstić information content (AvgIpc) is 3.01. The Morgan fingerprint density at radius 1 is 1.14 bits per heavy atom. The van der Waals surface area contributed by atoms with E-state index in [0.29, 0.717) is 5.69 Å². The fourth-order valence-corrected chi connectivity index (χ4v) is 4.22. The van der Waals surface area contributed by atoms with Crippen molar-refractivity contribution in [1.82, 2.24) is 9.63 Å². The van der Waals surface area contributed by atoms with E-state index < -0.39 is 29.3 Å². The topological polar surface area (TPSA) is 87.1 Å². The van der Waals surface area contributed by atoms with Crippen molar-refractivity contribution >= 4 is 28.7 Å². The molecule has 0 N–H and O–H groups in total. The molecular weight excluding hydrogens is 376 g/mol. The molecule has 1 aromatic carbocycles. The maximum absolute atomic E-state index is 13.5. The van der Waals surface area contributed by atoms with E-state index in [4.69, 9.17) is 14.3 Å². The number of hydroxylamine groups is 2. The molecule has 1 atom stereocenters. The Hall–Kier alpha value is -2.87. The summed E-state index contributed by atoms with van der Waals surface area (Å²) in [5.74, 6) is -3.32. The lowest BCUT2D eigenvalue weighted by Gasteiger charge is -2.43. The molecule has 8 nitrogen and oxygen atoms in total. The standard InChI is InChI=1S/C21H26N2O6/c1-7-29-23-16(14(18(24)27-5)19(25)28-6)17-15(21(2,3)20(23)26)12-10-8-9-11-13(12)22(17)4/h8-11,14,16H,7H2,1-6H3. The lowest BCUT2D eigenvalue weighted by molar-refractivity contribution is -0.219. The highest BCUT2D eigenvalue weighted by molar-refractivity contribution is 6.01. The second kappa shape index (κ2) is 7.51. The molecule has 1 aliphatic rings. The minimum atomic E-state index is -1.39. The van der Waals surface area contributed by atoms with Crippen LogP contribution >= 0.6 is 0 Å². The number of carbonyl (C=O) groups is 3. The van der Waals surface area contributed by atoms with Crippen molar-refractivity contribution in [3.63, 3.8) is 0 Å². The normalized spacial score (nSPS) is 18.1. The minimum Gasteiger partial charge on any atom is -0.468 e. The summed E-state index contributed by atoms with van der Waals surface area (Å²) in [5, 5.41) is 2.03. The lowest BCUT2D eigenvalue weighted by atomic mass is 9.75. The number of aromatic nitrogens is 1. The van der Waals surface area contributed by atoms with Gasteiger partial charge in [-0.05, 0) is 32.4 Å². The van der Waals surface area contributed by atoms with Crippen molar-refractivity contribution in [2.75, 3.05) is 20.8 Å². The number of aryl methyl sites for hydroxylation is 1. The zero-order valence-electron chi connectivity index (χ0n) is 17.5. The highest BCUT2D eigenvalue weighted by Crippen LogP contribution is 2.48. The molecule has 8 heteroatoms. The van der Waals surface area contributed by atoms with E-state index in [1.54, 1.807) is 6.92 Å². The number of esters is 2. The van der Waals surface area contributed by atoms with Crippen LogP contribution in [0.1, 0.15) is 38.1 Å². The summed E-state index contributed by atoms with van der Waals surface area (Å²) >= 11 is 0. The SMILES string of the molecule is CCON1C(=O)C(C)(C)c2c(n(C)c3ccccc23)C1C(C(=O)OC)C(=O)OC. The van der Waals surface area contributed by atoms with Crippen molar-refractivity contribution < 1.29 is 28.7 Å². The number of hydrogen-bond donors (Lipinski definition) is 0. The highest BCUT2D eigenvalue weighted by Gasteiger charge is 2.55. The quantitative estimate of drug-likeness (QED) is 0.563. The maximum Gasteiger partial charge on any atom is 0.322 e. The summed E-state index contributed by atoms with van der Waals surface area (Å²) in [6.45, 7) is 5.55. The van der Waals surface area contributed by atoms with Crippen LogP contribution < -0.4 is 0 Å². The molecule has 156 valence electrons. The highest BCUT2D eigenvalue weighted by atomic mass is 16.7. The van der Waals surface area contributed by atoms with Crippen LogP contribution in [0, 0.1) is 5.92 Å². The molecule has 1 aliphatic heterocycles. The van der Waals surface area contributed by atoms with Gasteiger partial charge in [0.2, 0.25) is 0 Å². The molecule has 0 aliphatic carbocycles.